The zero-order valence-corrected chi connectivity index (χ0v) is 16.9. The zero-order valence-electron chi connectivity index (χ0n) is 16.1. The summed E-state index contributed by atoms with van der Waals surface area (Å²) in [5, 5.41) is 2.71. The number of para-hydroxylation sites is 1. The van der Waals surface area contributed by atoms with Crippen molar-refractivity contribution in [3.05, 3.63) is 54.1 Å². The quantitative estimate of drug-likeness (QED) is 0.749. The number of hydrogen-bond acceptors (Lipinski definition) is 4. The number of nitrogens with one attached hydrogen (secondary N) is 1. The van der Waals surface area contributed by atoms with Crippen molar-refractivity contribution in [2.75, 3.05) is 26.0 Å². The molecule has 1 atom stereocenters. The highest BCUT2D eigenvalue weighted by Crippen LogP contribution is 2.28. The third kappa shape index (κ3) is 5.30. The van der Waals surface area contributed by atoms with E-state index in [1.165, 1.54) is 26.2 Å². The number of carbonyl (C=O) groups is 1. The van der Waals surface area contributed by atoms with Gasteiger partial charge < -0.3 is 10.1 Å². The van der Waals surface area contributed by atoms with Gasteiger partial charge in [-0.2, -0.15) is 0 Å². The molecule has 1 amide bonds. The third-order valence-corrected chi connectivity index (χ3v) is 6.17. The average Bonchev–Trinajstić information content (AvgIpc) is 2.66. The van der Waals surface area contributed by atoms with Gasteiger partial charge in [-0.3, -0.25) is 4.79 Å². The monoisotopic (exact) mass is 390 g/mol. The van der Waals surface area contributed by atoms with Crippen molar-refractivity contribution in [1.82, 2.24) is 4.31 Å². The maximum atomic E-state index is 12.2. The number of amides is 1. The molecule has 6 nitrogen and oxygen atoms in total. The van der Waals surface area contributed by atoms with Crippen LogP contribution in [0.3, 0.4) is 0 Å². The molecule has 7 heteroatoms. The Kier molecular flexibility index (Phi) is 6.98. The topological polar surface area (TPSA) is 75.7 Å². The van der Waals surface area contributed by atoms with Crippen LogP contribution in [0.1, 0.15) is 31.7 Å². The van der Waals surface area contributed by atoms with E-state index in [2.05, 4.69) is 19.2 Å². The van der Waals surface area contributed by atoms with Gasteiger partial charge in [0.25, 0.3) is 5.91 Å². The zero-order chi connectivity index (χ0) is 20.0. The Morgan fingerprint density at radius 3 is 2.33 bits per heavy atom. The van der Waals surface area contributed by atoms with Gasteiger partial charge >= 0.3 is 0 Å². The van der Waals surface area contributed by atoms with Crippen LogP contribution in [0.5, 0.6) is 5.75 Å². The molecule has 2 aromatic rings. The summed E-state index contributed by atoms with van der Waals surface area (Å²) in [7, 11) is -0.544. The summed E-state index contributed by atoms with van der Waals surface area (Å²) in [5.41, 5.74) is 1.59. The van der Waals surface area contributed by atoms with Crippen LogP contribution in [-0.2, 0) is 14.8 Å². The van der Waals surface area contributed by atoms with Crippen LogP contribution in [0.2, 0.25) is 0 Å². The molecule has 0 spiro atoms. The first-order valence-electron chi connectivity index (χ1n) is 8.80. The van der Waals surface area contributed by atoms with Crippen molar-refractivity contribution in [3.8, 4) is 5.75 Å². The second kappa shape index (κ2) is 9.01. The van der Waals surface area contributed by atoms with Crippen LogP contribution < -0.4 is 10.1 Å². The number of carbonyl (C=O) groups excluding carboxylic acids is 1. The molecule has 1 N–H and O–H groups in total. The lowest BCUT2D eigenvalue weighted by molar-refractivity contribution is -0.118. The summed E-state index contributed by atoms with van der Waals surface area (Å²) in [6.07, 6.45) is 0.981. The Hall–Kier alpha value is -2.38. The van der Waals surface area contributed by atoms with Gasteiger partial charge in [0.2, 0.25) is 10.0 Å². The molecule has 27 heavy (non-hydrogen) atoms. The minimum absolute atomic E-state index is 0.120. The second-order valence-corrected chi connectivity index (χ2v) is 8.65. The van der Waals surface area contributed by atoms with Gasteiger partial charge in [0, 0.05) is 19.8 Å². The number of rotatable bonds is 8. The Balaban J connectivity index is 1.99. The number of nitrogens with zero attached hydrogens (tertiary/aromatic N) is 1. The van der Waals surface area contributed by atoms with Gasteiger partial charge in [-0.15, -0.1) is 0 Å². The van der Waals surface area contributed by atoms with E-state index in [4.69, 9.17) is 4.74 Å². The SMILES string of the molecule is CC[C@H](C)c1ccccc1OCC(=O)Nc1ccc(S(=O)(=O)N(C)C)cc1. The van der Waals surface area contributed by atoms with E-state index in [9.17, 15) is 13.2 Å². The molecule has 0 heterocycles. The van der Waals surface area contributed by atoms with Crippen LogP contribution in [0.4, 0.5) is 5.69 Å². The molecule has 0 saturated heterocycles. The van der Waals surface area contributed by atoms with Gasteiger partial charge in [0.05, 0.1) is 4.90 Å². The predicted octanol–water partition coefficient (Wildman–Crippen LogP) is 3.47. The minimum atomic E-state index is -3.49. The van der Waals surface area contributed by atoms with E-state index in [1.807, 2.05) is 24.3 Å². The molecule has 0 unspecified atom stereocenters. The molecule has 0 aliphatic rings. The average molecular weight is 391 g/mol. The first-order valence-corrected chi connectivity index (χ1v) is 10.2. The van der Waals surface area contributed by atoms with Crippen LogP contribution in [-0.4, -0.2) is 39.3 Å². The standard InChI is InChI=1S/C20H26N2O4S/c1-5-15(2)18-8-6-7-9-19(18)26-14-20(23)21-16-10-12-17(13-11-16)27(24,25)22(3)4/h6-13,15H,5,14H2,1-4H3,(H,21,23)/t15-/m0/s1. The number of ether oxygens (including phenoxy) is 1. The molecule has 146 valence electrons. The highest BCUT2D eigenvalue weighted by Gasteiger charge is 2.17. The van der Waals surface area contributed by atoms with Crippen LogP contribution in [0.15, 0.2) is 53.4 Å². The molecule has 0 saturated carbocycles. The maximum Gasteiger partial charge on any atom is 0.262 e. The maximum absolute atomic E-state index is 12.2. The van der Waals surface area contributed by atoms with E-state index in [-0.39, 0.29) is 17.4 Å². The van der Waals surface area contributed by atoms with Crippen LogP contribution in [0.25, 0.3) is 0 Å². The van der Waals surface area contributed by atoms with E-state index < -0.39 is 10.0 Å². The lowest BCUT2D eigenvalue weighted by Gasteiger charge is -2.15. The molecule has 0 aliphatic carbocycles. The smallest absolute Gasteiger partial charge is 0.262 e. The Morgan fingerprint density at radius 1 is 1.11 bits per heavy atom. The molecule has 0 aromatic heterocycles. The van der Waals surface area contributed by atoms with E-state index >= 15 is 0 Å². The molecule has 0 bridgehead atoms. The van der Waals surface area contributed by atoms with Crippen molar-refractivity contribution in [3.63, 3.8) is 0 Å². The molecular weight excluding hydrogens is 364 g/mol. The van der Waals surface area contributed by atoms with Crippen molar-refractivity contribution < 1.29 is 17.9 Å². The van der Waals surface area contributed by atoms with Gasteiger partial charge in [0.1, 0.15) is 5.75 Å². The van der Waals surface area contributed by atoms with Gasteiger partial charge in [-0.25, -0.2) is 12.7 Å². The third-order valence-electron chi connectivity index (χ3n) is 4.34. The fourth-order valence-electron chi connectivity index (χ4n) is 2.50. The number of sulfonamides is 1. The van der Waals surface area contributed by atoms with Crippen molar-refractivity contribution in [1.29, 1.82) is 0 Å². The second-order valence-electron chi connectivity index (χ2n) is 6.50. The number of hydrogen-bond donors (Lipinski definition) is 1. The molecule has 0 fully saturated rings. The highest BCUT2D eigenvalue weighted by molar-refractivity contribution is 7.89. The van der Waals surface area contributed by atoms with Gasteiger partial charge in [-0.1, -0.05) is 32.0 Å². The summed E-state index contributed by atoms with van der Waals surface area (Å²) in [4.78, 5) is 12.3. The minimum Gasteiger partial charge on any atom is -0.483 e. The summed E-state index contributed by atoms with van der Waals surface area (Å²) < 4.78 is 30.9. The van der Waals surface area contributed by atoms with E-state index in [0.717, 1.165) is 16.3 Å². The van der Waals surface area contributed by atoms with Crippen molar-refractivity contribution in [2.45, 2.75) is 31.1 Å². The molecule has 0 radical (unpaired) electrons. The van der Waals surface area contributed by atoms with Crippen molar-refractivity contribution in [2.24, 2.45) is 0 Å². The Morgan fingerprint density at radius 2 is 1.74 bits per heavy atom. The molecule has 2 rings (SSSR count). The Labute approximate surface area is 161 Å². The van der Waals surface area contributed by atoms with Crippen LogP contribution >= 0.6 is 0 Å². The summed E-state index contributed by atoms with van der Waals surface area (Å²) in [6.45, 7) is 4.10. The van der Waals surface area contributed by atoms with E-state index in [0.29, 0.717) is 17.4 Å². The van der Waals surface area contributed by atoms with E-state index in [1.54, 1.807) is 12.1 Å². The summed E-state index contributed by atoms with van der Waals surface area (Å²) in [6, 6.07) is 13.7. The van der Waals surface area contributed by atoms with Gasteiger partial charge in [0.15, 0.2) is 6.61 Å². The first-order chi connectivity index (χ1) is 12.8. The molecule has 0 aliphatic heterocycles. The fraction of sp³-hybridized carbons (Fsp3) is 0.350. The summed E-state index contributed by atoms with van der Waals surface area (Å²) in [5.74, 6) is 0.738. The Bertz CT molecular complexity index is 877. The number of benzene rings is 2. The lowest BCUT2D eigenvalue weighted by Crippen LogP contribution is -2.22. The lowest BCUT2D eigenvalue weighted by atomic mass is 9.98. The van der Waals surface area contributed by atoms with Crippen LogP contribution in [0, 0.1) is 0 Å². The normalized spacial score (nSPS) is 12.6. The highest BCUT2D eigenvalue weighted by atomic mass is 32.2. The number of anilines is 1. The molecule has 2 aromatic carbocycles. The van der Waals surface area contributed by atoms with Crippen molar-refractivity contribution >= 4 is 21.6 Å². The largest absolute Gasteiger partial charge is 0.483 e. The van der Waals surface area contributed by atoms with Gasteiger partial charge in [-0.05, 0) is 48.2 Å². The summed E-state index contributed by atoms with van der Waals surface area (Å²) >= 11 is 0. The first kappa shape index (κ1) is 20.9. The fourth-order valence-corrected chi connectivity index (χ4v) is 3.40. The predicted molar refractivity (Wildman–Crippen MR) is 107 cm³/mol. The molecular formula is C20H26N2O4S.